The van der Waals surface area contributed by atoms with E-state index in [0.29, 0.717) is 34.8 Å². The Bertz CT molecular complexity index is 942. The number of carbonyl (C=O) groups is 1. The van der Waals surface area contributed by atoms with Crippen molar-refractivity contribution in [2.45, 2.75) is 13.5 Å². The topological polar surface area (TPSA) is 89.3 Å². The number of amides is 1. The summed E-state index contributed by atoms with van der Waals surface area (Å²) in [7, 11) is -0.944. The van der Waals surface area contributed by atoms with Gasteiger partial charge in [0.05, 0.1) is 17.9 Å². The summed E-state index contributed by atoms with van der Waals surface area (Å²) in [6.07, 6.45) is 3.32. The smallest absolute Gasteiger partial charge is 0.423 e. The summed E-state index contributed by atoms with van der Waals surface area (Å²) in [5.41, 5.74) is 3.26. The van der Waals surface area contributed by atoms with Crippen LogP contribution in [0.3, 0.4) is 0 Å². The van der Waals surface area contributed by atoms with Gasteiger partial charge in [-0.25, -0.2) is 9.67 Å². The molecule has 124 valence electrons. The van der Waals surface area contributed by atoms with Crippen molar-refractivity contribution in [3.05, 3.63) is 65.6 Å². The highest BCUT2D eigenvalue weighted by molar-refractivity contribution is 6.61. The number of anilines is 1. The van der Waals surface area contributed by atoms with Gasteiger partial charge in [0.2, 0.25) is 0 Å². The molecule has 0 saturated carbocycles. The number of pyridine rings is 1. The second-order valence-electron chi connectivity index (χ2n) is 5.79. The number of aromatic nitrogens is 3. The molecule has 1 amide bonds. The molecule has 0 unspecified atom stereocenters. The van der Waals surface area contributed by atoms with E-state index in [-0.39, 0.29) is 5.91 Å². The minimum absolute atomic E-state index is 0.270. The number of nitrogens with one attached hydrogen (secondary N) is 1. The standard InChI is InChI=1S/C17H15BN4O3/c1-11-14(9-22(21-11)16-4-2-3-7-19-16)17(23)20-13-6-5-12-10-25-18(24)15(12)8-13/h2-9,24H,10H2,1H3,(H,20,23). The van der Waals surface area contributed by atoms with E-state index >= 15 is 0 Å². The zero-order valence-corrected chi connectivity index (χ0v) is 13.5. The monoisotopic (exact) mass is 334 g/mol. The number of carbonyl (C=O) groups excluding carboxylic acids is 1. The van der Waals surface area contributed by atoms with Gasteiger partial charge in [-0.15, -0.1) is 0 Å². The first-order valence-electron chi connectivity index (χ1n) is 7.83. The van der Waals surface area contributed by atoms with Crippen molar-refractivity contribution in [1.82, 2.24) is 14.8 Å². The predicted molar refractivity (Wildman–Crippen MR) is 92.9 cm³/mol. The minimum atomic E-state index is -0.944. The molecule has 25 heavy (non-hydrogen) atoms. The van der Waals surface area contributed by atoms with E-state index in [1.165, 1.54) is 0 Å². The molecule has 1 aliphatic heterocycles. The molecule has 0 bridgehead atoms. The van der Waals surface area contributed by atoms with Crippen molar-refractivity contribution < 1.29 is 14.5 Å². The van der Waals surface area contributed by atoms with Gasteiger partial charge in [-0.1, -0.05) is 12.1 Å². The Morgan fingerprint density at radius 2 is 2.24 bits per heavy atom. The lowest BCUT2D eigenvalue weighted by atomic mass is 9.79. The molecule has 0 radical (unpaired) electrons. The van der Waals surface area contributed by atoms with E-state index in [1.807, 2.05) is 24.3 Å². The van der Waals surface area contributed by atoms with Gasteiger partial charge in [0.25, 0.3) is 5.91 Å². The Balaban J connectivity index is 1.58. The maximum absolute atomic E-state index is 12.6. The number of fused-ring (bicyclic) bond motifs is 1. The van der Waals surface area contributed by atoms with Gasteiger partial charge >= 0.3 is 7.12 Å². The quantitative estimate of drug-likeness (QED) is 0.699. The highest BCUT2D eigenvalue weighted by Gasteiger charge is 2.27. The van der Waals surface area contributed by atoms with Crippen LogP contribution in [0.25, 0.3) is 5.82 Å². The van der Waals surface area contributed by atoms with Crippen molar-refractivity contribution in [2.75, 3.05) is 5.32 Å². The lowest BCUT2D eigenvalue weighted by Gasteiger charge is -2.06. The van der Waals surface area contributed by atoms with Crippen molar-refractivity contribution in [3.63, 3.8) is 0 Å². The number of nitrogens with zero attached hydrogens (tertiary/aromatic N) is 3. The lowest BCUT2D eigenvalue weighted by Crippen LogP contribution is -2.28. The van der Waals surface area contributed by atoms with Gasteiger partial charge in [-0.05, 0) is 42.2 Å². The average Bonchev–Trinajstić information content (AvgIpc) is 3.19. The van der Waals surface area contributed by atoms with Crippen LogP contribution in [0, 0.1) is 6.92 Å². The molecule has 3 aromatic rings. The van der Waals surface area contributed by atoms with Crippen molar-refractivity contribution in [1.29, 1.82) is 0 Å². The molecular weight excluding hydrogens is 319 g/mol. The molecule has 7 nitrogen and oxygen atoms in total. The Labute approximate surface area is 144 Å². The molecule has 0 atom stereocenters. The van der Waals surface area contributed by atoms with E-state index in [9.17, 15) is 9.82 Å². The fraction of sp³-hybridized carbons (Fsp3) is 0.118. The molecule has 4 rings (SSSR count). The minimum Gasteiger partial charge on any atom is -0.423 e. The molecule has 0 spiro atoms. The molecule has 0 saturated heterocycles. The highest BCUT2D eigenvalue weighted by Crippen LogP contribution is 2.17. The van der Waals surface area contributed by atoms with Gasteiger partial charge < -0.3 is 15.0 Å². The largest absolute Gasteiger partial charge is 0.491 e. The van der Waals surface area contributed by atoms with Crippen LogP contribution < -0.4 is 10.8 Å². The Morgan fingerprint density at radius 3 is 3.04 bits per heavy atom. The van der Waals surface area contributed by atoms with Crippen LogP contribution in [0.2, 0.25) is 0 Å². The van der Waals surface area contributed by atoms with Crippen molar-refractivity contribution in [3.8, 4) is 5.82 Å². The SMILES string of the molecule is Cc1nn(-c2ccccn2)cc1C(=O)Nc1ccc2c(c1)B(O)OC2. The van der Waals surface area contributed by atoms with E-state index in [0.717, 1.165) is 5.56 Å². The summed E-state index contributed by atoms with van der Waals surface area (Å²) in [6, 6.07) is 10.8. The summed E-state index contributed by atoms with van der Waals surface area (Å²) in [5, 5.41) is 17.0. The zero-order chi connectivity index (χ0) is 17.4. The predicted octanol–water partition coefficient (Wildman–Crippen LogP) is 1.05. The van der Waals surface area contributed by atoms with E-state index in [2.05, 4.69) is 15.4 Å². The number of rotatable bonds is 3. The molecule has 0 fully saturated rings. The number of aryl methyl sites for hydroxylation is 1. The summed E-state index contributed by atoms with van der Waals surface area (Å²) in [4.78, 5) is 16.8. The summed E-state index contributed by atoms with van der Waals surface area (Å²) in [5.74, 6) is 0.371. The highest BCUT2D eigenvalue weighted by atomic mass is 16.5. The number of hydrogen-bond donors (Lipinski definition) is 2. The molecule has 0 aliphatic carbocycles. The molecule has 8 heteroatoms. The summed E-state index contributed by atoms with van der Waals surface area (Å²) < 4.78 is 6.74. The van der Waals surface area contributed by atoms with Gasteiger partial charge in [0.1, 0.15) is 0 Å². The van der Waals surface area contributed by atoms with Crippen LogP contribution in [0.1, 0.15) is 21.6 Å². The fourth-order valence-electron chi connectivity index (χ4n) is 2.78. The van der Waals surface area contributed by atoms with Gasteiger partial charge in [-0.2, -0.15) is 5.10 Å². The Hall–Kier alpha value is -2.97. The summed E-state index contributed by atoms with van der Waals surface area (Å²) in [6.45, 7) is 2.15. The molecule has 1 aromatic carbocycles. The Morgan fingerprint density at radius 1 is 1.36 bits per heavy atom. The maximum atomic E-state index is 12.6. The summed E-state index contributed by atoms with van der Waals surface area (Å²) >= 11 is 0. The first kappa shape index (κ1) is 15.6. The van der Waals surface area contributed by atoms with Gasteiger partial charge in [0.15, 0.2) is 5.82 Å². The van der Waals surface area contributed by atoms with E-state index in [1.54, 1.807) is 36.1 Å². The maximum Gasteiger partial charge on any atom is 0.491 e. The van der Waals surface area contributed by atoms with Crippen LogP contribution >= 0.6 is 0 Å². The Kier molecular flexibility index (Phi) is 3.83. The third-order valence-electron chi connectivity index (χ3n) is 4.09. The lowest BCUT2D eigenvalue weighted by molar-refractivity contribution is 0.102. The average molecular weight is 334 g/mol. The van der Waals surface area contributed by atoms with Crippen LogP contribution in [-0.4, -0.2) is 32.8 Å². The van der Waals surface area contributed by atoms with E-state index < -0.39 is 7.12 Å². The van der Waals surface area contributed by atoms with Crippen molar-refractivity contribution >= 4 is 24.2 Å². The van der Waals surface area contributed by atoms with Gasteiger partial charge in [-0.3, -0.25) is 4.79 Å². The normalized spacial score (nSPS) is 13.0. The van der Waals surface area contributed by atoms with Gasteiger partial charge in [0, 0.05) is 18.1 Å². The molecule has 2 N–H and O–H groups in total. The first-order valence-corrected chi connectivity index (χ1v) is 7.83. The second kappa shape index (κ2) is 6.16. The zero-order valence-electron chi connectivity index (χ0n) is 13.5. The molecule has 2 aromatic heterocycles. The van der Waals surface area contributed by atoms with Crippen molar-refractivity contribution in [2.24, 2.45) is 0 Å². The molecule has 1 aliphatic rings. The van der Waals surface area contributed by atoms with E-state index in [4.69, 9.17) is 4.65 Å². The molecular formula is C17H15BN4O3. The van der Waals surface area contributed by atoms with Crippen LogP contribution in [-0.2, 0) is 11.3 Å². The first-order chi connectivity index (χ1) is 12.1. The third-order valence-corrected chi connectivity index (χ3v) is 4.09. The molecule has 3 heterocycles. The number of hydrogen-bond acceptors (Lipinski definition) is 5. The number of benzene rings is 1. The third kappa shape index (κ3) is 2.93. The fourth-order valence-corrected chi connectivity index (χ4v) is 2.78. The van der Waals surface area contributed by atoms with Crippen LogP contribution in [0.5, 0.6) is 0 Å². The van der Waals surface area contributed by atoms with Crippen LogP contribution in [0.15, 0.2) is 48.8 Å². The van der Waals surface area contributed by atoms with Crippen LogP contribution in [0.4, 0.5) is 5.69 Å². The second-order valence-corrected chi connectivity index (χ2v) is 5.79.